The van der Waals surface area contributed by atoms with Gasteiger partial charge in [-0.1, -0.05) is 66.7 Å². The number of hydrogen-bond donors (Lipinski definition) is 0. The Hall–Kier alpha value is -2.96. The summed E-state index contributed by atoms with van der Waals surface area (Å²) in [5.74, 6) is -0.0145. The summed E-state index contributed by atoms with van der Waals surface area (Å²) in [6, 6.07) is 26.0. The fourth-order valence-electron chi connectivity index (χ4n) is 3.61. The molecule has 0 aromatic heterocycles. The Morgan fingerprint density at radius 1 is 0.742 bits per heavy atom. The number of rotatable bonds is 6. The summed E-state index contributed by atoms with van der Waals surface area (Å²) in [6.45, 7) is 1.80. The van der Waals surface area contributed by atoms with Crippen molar-refractivity contribution in [3.05, 3.63) is 84.4 Å². The smallest absolute Gasteiger partial charge is 0.338 e. The van der Waals surface area contributed by atoms with E-state index in [-0.39, 0.29) is 24.1 Å². The van der Waals surface area contributed by atoms with Gasteiger partial charge in [0.2, 0.25) is 0 Å². The molecule has 0 N–H and O–H groups in total. The molecule has 160 valence electrons. The fraction of sp³-hybridized carbons (Fsp3) is 0.240. The summed E-state index contributed by atoms with van der Waals surface area (Å²) in [6.07, 6.45) is 0. The lowest BCUT2D eigenvalue weighted by molar-refractivity contribution is 0.0465. The van der Waals surface area contributed by atoms with E-state index in [1.807, 2.05) is 35.2 Å². The highest BCUT2D eigenvalue weighted by Gasteiger charge is 2.21. The lowest BCUT2D eigenvalue weighted by atomic mass is 10.00. The largest absolute Gasteiger partial charge is 0.461 e. The van der Waals surface area contributed by atoms with Crippen molar-refractivity contribution < 1.29 is 17.9 Å². The molecule has 1 fully saturated rings. The number of ether oxygens (including phenoxy) is 1. The third kappa shape index (κ3) is 5.60. The van der Waals surface area contributed by atoms with Gasteiger partial charge < -0.3 is 4.74 Å². The van der Waals surface area contributed by atoms with Gasteiger partial charge in [-0.15, -0.1) is 0 Å². The van der Waals surface area contributed by atoms with Crippen molar-refractivity contribution in [2.45, 2.75) is 0 Å². The molecular weight excluding hydrogens is 410 g/mol. The van der Waals surface area contributed by atoms with E-state index in [4.69, 9.17) is 4.74 Å². The Morgan fingerprint density at radius 2 is 1.23 bits per heavy atom. The van der Waals surface area contributed by atoms with Crippen molar-refractivity contribution in [1.82, 2.24) is 4.90 Å². The molecule has 1 saturated heterocycles. The third-order valence-electron chi connectivity index (χ3n) is 5.52. The maximum Gasteiger partial charge on any atom is 0.338 e. The first-order chi connectivity index (χ1) is 15.0. The Kier molecular flexibility index (Phi) is 6.49. The summed E-state index contributed by atoms with van der Waals surface area (Å²) in [5, 5.41) is 0. The van der Waals surface area contributed by atoms with Crippen LogP contribution in [-0.2, 0) is 14.6 Å². The second-order valence-electron chi connectivity index (χ2n) is 7.65. The summed E-state index contributed by atoms with van der Waals surface area (Å²) >= 11 is 0. The highest BCUT2D eigenvalue weighted by Crippen LogP contribution is 2.25. The summed E-state index contributed by atoms with van der Waals surface area (Å²) in [4.78, 5) is 14.3. The second-order valence-corrected chi connectivity index (χ2v) is 9.95. The Bertz CT molecular complexity index is 1110. The van der Waals surface area contributed by atoms with Crippen LogP contribution < -0.4 is 0 Å². The molecule has 0 unspecified atom stereocenters. The second kappa shape index (κ2) is 9.45. The number of benzene rings is 3. The molecule has 5 nitrogen and oxygen atoms in total. The van der Waals surface area contributed by atoms with Crippen LogP contribution in [0.2, 0.25) is 0 Å². The van der Waals surface area contributed by atoms with Crippen LogP contribution in [0.5, 0.6) is 0 Å². The predicted molar refractivity (Wildman–Crippen MR) is 123 cm³/mol. The van der Waals surface area contributed by atoms with Crippen molar-refractivity contribution in [3.8, 4) is 22.3 Å². The average molecular weight is 436 g/mol. The molecular formula is C25H25NO4S. The van der Waals surface area contributed by atoms with Crippen LogP contribution in [0.3, 0.4) is 0 Å². The van der Waals surface area contributed by atoms with Gasteiger partial charge in [0.15, 0.2) is 9.84 Å². The number of sulfone groups is 1. The average Bonchev–Trinajstić information content (AvgIpc) is 2.81. The number of hydrogen-bond acceptors (Lipinski definition) is 5. The molecule has 1 aliphatic rings. The monoisotopic (exact) mass is 435 g/mol. The highest BCUT2D eigenvalue weighted by molar-refractivity contribution is 7.91. The molecule has 4 rings (SSSR count). The Balaban J connectivity index is 1.31. The van der Waals surface area contributed by atoms with E-state index >= 15 is 0 Å². The maximum atomic E-state index is 12.3. The van der Waals surface area contributed by atoms with E-state index in [9.17, 15) is 13.2 Å². The van der Waals surface area contributed by atoms with Gasteiger partial charge in [-0.2, -0.15) is 0 Å². The van der Waals surface area contributed by atoms with Gasteiger partial charge in [0.05, 0.1) is 17.1 Å². The number of esters is 1. The van der Waals surface area contributed by atoms with Crippen molar-refractivity contribution >= 4 is 15.8 Å². The topological polar surface area (TPSA) is 63.7 Å². The minimum Gasteiger partial charge on any atom is -0.461 e. The first-order valence-electron chi connectivity index (χ1n) is 10.4. The molecule has 0 atom stereocenters. The normalized spacial score (nSPS) is 16.0. The Labute approximate surface area is 183 Å². The summed E-state index contributed by atoms with van der Waals surface area (Å²) in [5.41, 5.74) is 4.96. The zero-order valence-electron chi connectivity index (χ0n) is 17.2. The van der Waals surface area contributed by atoms with Crippen LogP contribution in [0.25, 0.3) is 22.3 Å². The van der Waals surface area contributed by atoms with Crippen LogP contribution >= 0.6 is 0 Å². The van der Waals surface area contributed by atoms with Gasteiger partial charge in [-0.05, 0) is 34.4 Å². The number of nitrogens with zero attached hydrogens (tertiary/aromatic N) is 1. The molecule has 0 aliphatic carbocycles. The van der Waals surface area contributed by atoms with Crippen LogP contribution in [0.1, 0.15) is 10.4 Å². The highest BCUT2D eigenvalue weighted by atomic mass is 32.2. The van der Waals surface area contributed by atoms with Crippen LogP contribution in [-0.4, -0.2) is 57.0 Å². The third-order valence-corrected chi connectivity index (χ3v) is 7.13. The predicted octanol–water partition coefficient (Wildman–Crippen LogP) is 3.91. The van der Waals surface area contributed by atoms with Gasteiger partial charge in [0.25, 0.3) is 0 Å². The van der Waals surface area contributed by atoms with E-state index in [2.05, 4.69) is 36.4 Å². The number of carbonyl (C=O) groups is 1. The zero-order chi connectivity index (χ0) is 21.7. The standard InChI is InChI=1S/C25H25NO4S/c27-25(30-17-14-26-15-18-31(28,29)19-16-26)24-12-10-23(11-13-24)22-8-6-21(7-9-22)20-4-2-1-3-5-20/h1-13H,14-19H2. The molecule has 31 heavy (non-hydrogen) atoms. The first kappa shape index (κ1) is 21.3. The van der Waals surface area contributed by atoms with Crippen LogP contribution in [0.4, 0.5) is 0 Å². The molecule has 3 aromatic carbocycles. The van der Waals surface area contributed by atoms with E-state index in [0.717, 1.165) is 16.7 Å². The lowest BCUT2D eigenvalue weighted by Gasteiger charge is -2.26. The minimum absolute atomic E-state index is 0.175. The number of carbonyl (C=O) groups excluding carboxylic acids is 1. The van der Waals surface area contributed by atoms with E-state index in [1.54, 1.807) is 12.1 Å². The molecule has 6 heteroatoms. The molecule has 3 aromatic rings. The van der Waals surface area contributed by atoms with E-state index < -0.39 is 9.84 Å². The van der Waals surface area contributed by atoms with Gasteiger partial charge in [-0.3, -0.25) is 4.90 Å². The molecule has 0 radical (unpaired) electrons. The summed E-state index contributed by atoms with van der Waals surface area (Å²) < 4.78 is 28.3. The van der Waals surface area contributed by atoms with Crippen molar-refractivity contribution in [1.29, 1.82) is 0 Å². The van der Waals surface area contributed by atoms with Gasteiger partial charge in [-0.25, -0.2) is 13.2 Å². The quantitative estimate of drug-likeness (QED) is 0.550. The minimum atomic E-state index is -2.89. The van der Waals surface area contributed by atoms with Crippen LogP contribution in [0.15, 0.2) is 78.9 Å². The molecule has 0 saturated carbocycles. The lowest BCUT2D eigenvalue weighted by Crippen LogP contribution is -2.41. The van der Waals surface area contributed by atoms with Crippen molar-refractivity contribution in [3.63, 3.8) is 0 Å². The van der Waals surface area contributed by atoms with Gasteiger partial charge >= 0.3 is 5.97 Å². The Morgan fingerprint density at radius 3 is 1.77 bits per heavy atom. The maximum absolute atomic E-state index is 12.3. The molecule has 0 bridgehead atoms. The summed E-state index contributed by atoms with van der Waals surface area (Å²) in [7, 11) is -2.89. The van der Waals surface area contributed by atoms with Gasteiger partial charge in [0, 0.05) is 19.6 Å². The molecule has 0 spiro atoms. The van der Waals surface area contributed by atoms with Gasteiger partial charge in [0.1, 0.15) is 6.61 Å². The molecule has 0 amide bonds. The van der Waals surface area contributed by atoms with E-state index in [0.29, 0.717) is 25.2 Å². The molecule has 1 heterocycles. The zero-order valence-corrected chi connectivity index (χ0v) is 18.1. The van der Waals surface area contributed by atoms with Crippen molar-refractivity contribution in [2.24, 2.45) is 0 Å². The fourth-order valence-corrected chi connectivity index (χ4v) is 4.89. The first-order valence-corrected chi connectivity index (χ1v) is 12.2. The SMILES string of the molecule is O=C(OCCN1CCS(=O)(=O)CC1)c1ccc(-c2ccc(-c3ccccc3)cc2)cc1. The molecule has 1 aliphatic heterocycles. The van der Waals surface area contributed by atoms with Crippen LogP contribution in [0, 0.1) is 0 Å². The van der Waals surface area contributed by atoms with Crippen molar-refractivity contribution in [2.75, 3.05) is 37.7 Å². The van der Waals surface area contributed by atoms with E-state index in [1.165, 1.54) is 5.56 Å².